The van der Waals surface area contributed by atoms with Gasteiger partial charge in [-0.3, -0.25) is 4.39 Å². The molecule has 37 heavy (non-hydrogen) atoms. The molecule has 0 N–H and O–H groups in total. The Morgan fingerprint density at radius 1 is 0.973 bits per heavy atom. The van der Waals surface area contributed by atoms with Crippen LogP contribution in [-0.4, -0.2) is 48.1 Å². The summed E-state index contributed by atoms with van der Waals surface area (Å²) < 4.78 is 14.6. The van der Waals surface area contributed by atoms with E-state index in [1.54, 1.807) is 17.2 Å². The van der Waals surface area contributed by atoms with Gasteiger partial charge in [0.25, 0.3) is 0 Å². The second-order valence-corrected chi connectivity index (χ2v) is 11.2. The minimum atomic E-state index is -0.211. The van der Waals surface area contributed by atoms with Crippen molar-refractivity contribution in [3.05, 3.63) is 76.4 Å². The number of alkyl halides is 1. The molecule has 0 saturated carbocycles. The molecule has 0 fully saturated rings. The maximum Gasteiger partial charge on any atom is 0.0897 e. The molecule has 3 heteroatoms. The van der Waals surface area contributed by atoms with Crippen LogP contribution in [0.15, 0.2) is 43.0 Å². The second-order valence-electron chi connectivity index (χ2n) is 10.2. The zero-order valence-corrected chi connectivity index (χ0v) is 28.1. The van der Waals surface area contributed by atoms with E-state index in [1.165, 1.54) is 46.1 Å². The summed E-state index contributed by atoms with van der Waals surface area (Å²) in [5.41, 5.74) is 8.42. The Kier molecular flexibility index (Phi) is 22.0. The topological polar surface area (TPSA) is 0 Å². The number of quaternary nitrogens is 1. The van der Waals surface area contributed by atoms with Crippen molar-refractivity contribution < 1.29 is 8.87 Å². The Labute approximate surface area is 240 Å². The molecular formula is C34H58AsFN+. The molecule has 2 radical (unpaired) electrons. The molecule has 0 aliphatic carbocycles. The van der Waals surface area contributed by atoms with Crippen LogP contribution >= 0.6 is 0 Å². The van der Waals surface area contributed by atoms with E-state index in [9.17, 15) is 4.39 Å². The molecule has 210 valence electrons. The van der Waals surface area contributed by atoms with Crippen LogP contribution in [0, 0.1) is 13.8 Å². The van der Waals surface area contributed by atoms with Crippen LogP contribution in [0.2, 0.25) is 0 Å². The second kappa shape index (κ2) is 21.6. The van der Waals surface area contributed by atoms with Gasteiger partial charge >= 0.3 is 128 Å². The van der Waals surface area contributed by atoms with Gasteiger partial charge in [-0.05, 0) is 44.2 Å². The molecule has 0 saturated heterocycles. The number of hydrogen-bond donors (Lipinski definition) is 0. The molecule has 0 bridgehead atoms. The Morgan fingerprint density at radius 3 is 2.00 bits per heavy atom. The zero-order valence-electron chi connectivity index (χ0n) is 26.2. The molecule has 0 aliphatic heterocycles. The van der Waals surface area contributed by atoms with E-state index in [1.807, 2.05) is 20.8 Å². The van der Waals surface area contributed by atoms with Crippen molar-refractivity contribution >= 4 is 21.2 Å². The zero-order chi connectivity index (χ0) is 29.0. The van der Waals surface area contributed by atoms with Crippen LogP contribution in [0.1, 0.15) is 108 Å². The van der Waals surface area contributed by atoms with Crippen LogP contribution < -0.4 is 4.35 Å². The predicted molar refractivity (Wildman–Crippen MR) is 168 cm³/mol. The number of hydrogen-bond acceptors (Lipinski definition) is 0. The first-order valence-corrected chi connectivity index (χ1v) is 15.3. The Bertz CT molecular complexity index is 874. The molecule has 1 unspecified atom stereocenters. The first-order valence-electron chi connectivity index (χ1n) is 14.4. The molecule has 0 aliphatic rings. The average Bonchev–Trinajstić information content (AvgIpc) is 2.84. The van der Waals surface area contributed by atoms with E-state index in [-0.39, 0.29) is 6.67 Å². The molecule has 0 aromatic heterocycles. The molecule has 2 rings (SSSR count). The SMILES string of the molecule is C=CC.CC.CCC[N+](C)(CC)Cc1cc(C)cc([As])c1C(C)C.CCc1ccc(C)cc1CCCF. The molecule has 2 aromatic rings. The standard InChI is InChI=1S/C17H29AsN.C12H17F.C3H6.C2H6/c1-7-9-19(6,8-2)12-15-10-14(5)11-16(18)17(15)13(3)4;1-3-11-7-6-10(2)9-12(11)5-4-8-13;1-3-2;1-2/h10-11,13H,7-9,12H2,1-6H3;6-7,9H,3-5,8H2,1-2H3;3H,1H2,2H3;1-2H3/q+1;;;. The maximum atomic E-state index is 12.0. The third-order valence-electron chi connectivity index (χ3n) is 6.37. The van der Waals surface area contributed by atoms with Crippen molar-refractivity contribution in [2.75, 3.05) is 26.8 Å². The summed E-state index contributed by atoms with van der Waals surface area (Å²) in [6, 6.07) is 11.2. The summed E-state index contributed by atoms with van der Waals surface area (Å²) in [6.45, 7) is 28.3. The van der Waals surface area contributed by atoms with Crippen LogP contribution in [-0.2, 0) is 19.4 Å². The van der Waals surface area contributed by atoms with Crippen molar-refractivity contribution in [1.29, 1.82) is 0 Å². The fraction of sp³-hybridized carbons (Fsp3) is 0.588. The molecule has 0 amide bonds. The fourth-order valence-corrected chi connectivity index (χ4v) is 5.81. The molecule has 2 aromatic carbocycles. The summed E-state index contributed by atoms with van der Waals surface area (Å²) in [4.78, 5) is 0. The van der Waals surface area contributed by atoms with E-state index >= 15 is 0 Å². The van der Waals surface area contributed by atoms with E-state index in [2.05, 4.69) is 109 Å². The quantitative estimate of drug-likeness (QED) is 0.151. The summed E-state index contributed by atoms with van der Waals surface area (Å²) in [6.07, 6.45) is 5.57. The summed E-state index contributed by atoms with van der Waals surface area (Å²) in [5.74, 6) is 0.598. The Hall–Kier alpha value is -1.37. The van der Waals surface area contributed by atoms with Gasteiger partial charge in [-0.1, -0.05) is 50.6 Å². The van der Waals surface area contributed by atoms with E-state index < -0.39 is 0 Å². The molecule has 0 spiro atoms. The minimum absolute atomic E-state index is 0.211. The average molecular weight is 575 g/mol. The monoisotopic (exact) mass is 574 g/mol. The Morgan fingerprint density at radius 2 is 1.54 bits per heavy atom. The van der Waals surface area contributed by atoms with Crippen molar-refractivity contribution in [3.63, 3.8) is 0 Å². The maximum absolute atomic E-state index is 12.0. The summed E-state index contributed by atoms with van der Waals surface area (Å²) in [7, 11) is 2.39. The number of rotatable bonds is 10. The Balaban J connectivity index is 0. The van der Waals surface area contributed by atoms with E-state index in [4.69, 9.17) is 0 Å². The van der Waals surface area contributed by atoms with Gasteiger partial charge in [-0.25, -0.2) is 0 Å². The number of benzene rings is 2. The first-order chi connectivity index (χ1) is 17.5. The van der Waals surface area contributed by atoms with Crippen molar-refractivity contribution in [1.82, 2.24) is 0 Å². The number of halogens is 1. The van der Waals surface area contributed by atoms with Crippen molar-refractivity contribution in [2.24, 2.45) is 0 Å². The van der Waals surface area contributed by atoms with Crippen molar-refractivity contribution in [2.45, 2.75) is 107 Å². The van der Waals surface area contributed by atoms with Gasteiger partial charge in [0, 0.05) is 0 Å². The fourth-order valence-electron chi connectivity index (χ4n) is 4.54. The van der Waals surface area contributed by atoms with Gasteiger partial charge in [-0.15, -0.1) is 6.58 Å². The van der Waals surface area contributed by atoms with Crippen LogP contribution in [0.4, 0.5) is 4.39 Å². The van der Waals surface area contributed by atoms with Crippen LogP contribution in [0.25, 0.3) is 0 Å². The third kappa shape index (κ3) is 15.0. The van der Waals surface area contributed by atoms with Gasteiger partial charge in [0.05, 0.1) is 6.67 Å². The molecule has 0 heterocycles. The van der Waals surface area contributed by atoms with Gasteiger partial charge in [0.1, 0.15) is 0 Å². The smallest absolute Gasteiger partial charge is 0.0897 e. The van der Waals surface area contributed by atoms with E-state index in [0.29, 0.717) is 12.3 Å². The van der Waals surface area contributed by atoms with Gasteiger partial charge < -0.3 is 0 Å². The van der Waals surface area contributed by atoms with Crippen molar-refractivity contribution in [3.8, 4) is 0 Å². The predicted octanol–water partition coefficient (Wildman–Crippen LogP) is 8.97. The summed E-state index contributed by atoms with van der Waals surface area (Å²) in [5, 5.41) is 0. The summed E-state index contributed by atoms with van der Waals surface area (Å²) >= 11 is 2.76. The first kappa shape index (κ1) is 37.8. The number of nitrogens with zero attached hydrogens (tertiary/aromatic N) is 1. The van der Waals surface area contributed by atoms with Crippen LogP contribution in [0.3, 0.4) is 0 Å². The third-order valence-corrected chi connectivity index (χ3v) is 7.14. The van der Waals surface area contributed by atoms with Crippen LogP contribution in [0.5, 0.6) is 0 Å². The van der Waals surface area contributed by atoms with Gasteiger partial charge in [0.2, 0.25) is 0 Å². The largest absolute Gasteiger partial charge is 0.251 e. The van der Waals surface area contributed by atoms with E-state index in [0.717, 1.165) is 23.9 Å². The van der Waals surface area contributed by atoms with Gasteiger partial charge in [0.15, 0.2) is 0 Å². The molecule has 1 atom stereocenters. The molecular weight excluding hydrogens is 516 g/mol. The molecule has 1 nitrogen and oxygen atoms in total. The normalized spacial score (nSPS) is 11.7. The number of aryl methyl sites for hydroxylation is 4. The number of allylic oxidation sites excluding steroid dienone is 1. The van der Waals surface area contributed by atoms with Gasteiger partial charge in [-0.2, -0.15) is 0 Å². The minimum Gasteiger partial charge on any atom is -0.251 e.